The van der Waals surface area contributed by atoms with E-state index >= 15 is 0 Å². The summed E-state index contributed by atoms with van der Waals surface area (Å²) >= 11 is 0. The van der Waals surface area contributed by atoms with Crippen LogP contribution < -0.4 is 5.56 Å². The van der Waals surface area contributed by atoms with Crippen molar-refractivity contribution < 1.29 is 9.53 Å². The van der Waals surface area contributed by atoms with Crippen LogP contribution in [0.3, 0.4) is 0 Å². The summed E-state index contributed by atoms with van der Waals surface area (Å²) in [4.78, 5) is 27.8. The highest BCUT2D eigenvalue weighted by molar-refractivity contribution is 5.75. The number of ether oxygens (including phenoxy) is 1. The molecule has 4 heterocycles. The van der Waals surface area contributed by atoms with Gasteiger partial charge >= 0.3 is 5.97 Å². The number of hydrogen-bond donors (Lipinski definition) is 0. The Bertz CT molecular complexity index is 983. The first-order valence-corrected chi connectivity index (χ1v) is 12.2. The molecule has 2 aliphatic carbocycles. The smallest absolute Gasteiger partial charge is 0.310 e. The summed E-state index contributed by atoms with van der Waals surface area (Å²) in [6.45, 7) is 10.3. The number of fused-ring (bicyclic) bond motifs is 6. The van der Waals surface area contributed by atoms with Gasteiger partial charge in [-0.2, -0.15) is 0 Å². The van der Waals surface area contributed by atoms with Crippen LogP contribution in [0.1, 0.15) is 57.1 Å². The number of carbonyl (C=O) groups is 1. The zero-order valence-corrected chi connectivity index (χ0v) is 18.6. The summed E-state index contributed by atoms with van der Waals surface area (Å²) in [6, 6.07) is 5.68. The van der Waals surface area contributed by atoms with Gasteiger partial charge in [0.2, 0.25) is 0 Å². The summed E-state index contributed by atoms with van der Waals surface area (Å²) in [5.74, 6) is 1.77. The highest BCUT2D eigenvalue weighted by Crippen LogP contribution is 2.57. The van der Waals surface area contributed by atoms with E-state index in [-0.39, 0.29) is 29.0 Å². The molecule has 0 aromatic carbocycles. The molecular weight excluding hydrogens is 388 g/mol. The lowest BCUT2D eigenvalue weighted by molar-refractivity contribution is -0.146. The van der Waals surface area contributed by atoms with Gasteiger partial charge in [-0.3, -0.25) is 9.59 Å². The molecule has 3 aliphatic heterocycles. The number of carbonyl (C=O) groups excluding carboxylic acids is 1. The molecule has 6 rings (SSSR count). The number of nitrogens with zero attached hydrogens (tertiary/aromatic N) is 2. The molecule has 0 N–H and O–H groups in total. The molecule has 5 heteroatoms. The lowest BCUT2D eigenvalue weighted by Gasteiger charge is -2.50. The molecule has 166 valence electrons. The van der Waals surface area contributed by atoms with Crippen LogP contribution in [0.5, 0.6) is 0 Å². The van der Waals surface area contributed by atoms with Gasteiger partial charge in [0.25, 0.3) is 5.56 Å². The number of rotatable bonds is 2. The molecule has 2 saturated heterocycles. The van der Waals surface area contributed by atoms with Crippen molar-refractivity contribution in [3.05, 3.63) is 46.4 Å². The maximum atomic E-state index is 13.0. The third-order valence-electron chi connectivity index (χ3n) is 9.33. The minimum atomic E-state index is -0.0129. The molecule has 0 radical (unpaired) electrons. The molecule has 2 bridgehead atoms. The zero-order valence-electron chi connectivity index (χ0n) is 18.6. The van der Waals surface area contributed by atoms with Crippen molar-refractivity contribution in [2.45, 2.75) is 64.0 Å². The first-order chi connectivity index (χ1) is 14.9. The summed E-state index contributed by atoms with van der Waals surface area (Å²) in [6.07, 6.45) is 6.92. The van der Waals surface area contributed by atoms with Crippen molar-refractivity contribution in [3.63, 3.8) is 0 Å². The monoisotopic (exact) mass is 422 g/mol. The first kappa shape index (κ1) is 19.8. The number of hydrogen-bond acceptors (Lipinski definition) is 4. The fourth-order valence-corrected chi connectivity index (χ4v) is 7.89. The maximum absolute atomic E-state index is 13.0. The van der Waals surface area contributed by atoms with Crippen LogP contribution in [0.25, 0.3) is 0 Å². The highest BCUT2D eigenvalue weighted by Gasteiger charge is 2.55. The molecule has 2 saturated carbocycles. The first-order valence-electron chi connectivity index (χ1n) is 12.2. The van der Waals surface area contributed by atoms with Crippen LogP contribution >= 0.6 is 0 Å². The summed E-state index contributed by atoms with van der Waals surface area (Å²) in [7, 11) is 0. The highest BCUT2D eigenvalue weighted by atomic mass is 16.6. The molecular formula is C26H34N2O3. The largest absolute Gasteiger partial charge is 0.462 e. The van der Waals surface area contributed by atoms with Crippen molar-refractivity contribution in [1.82, 2.24) is 9.47 Å². The molecule has 5 aliphatic rings. The van der Waals surface area contributed by atoms with Crippen LogP contribution in [0.15, 0.2) is 35.1 Å². The maximum Gasteiger partial charge on any atom is 0.310 e. The third-order valence-corrected chi connectivity index (χ3v) is 9.33. The second-order valence-electron chi connectivity index (χ2n) is 11.3. The van der Waals surface area contributed by atoms with Gasteiger partial charge in [0.15, 0.2) is 0 Å². The van der Waals surface area contributed by atoms with Crippen molar-refractivity contribution >= 4 is 5.97 Å². The van der Waals surface area contributed by atoms with E-state index in [0.717, 1.165) is 51.9 Å². The predicted molar refractivity (Wildman–Crippen MR) is 119 cm³/mol. The van der Waals surface area contributed by atoms with Gasteiger partial charge in [-0.25, -0.2) is 0 Å². The second-order valence-corrected chi connectivity index (χ2v) is 11.3. The van der Waals surface area contributed by atoms with E-state index in [0.29, 0.717) is 23.7 Å². The van der Waals surface area contributed by atoms with E-state index in [4.69, 9.17) is 4.74 Å². The Balaban J connectivity index is 1.20. The summed E-state index contributed by atoms with van der Waals surface area (Å²) in [5.41, 5.74) is 2.96. The lowest BCUT2D eigenvalue weighted by Crippen LogP contribution is -2.50. The number of allylic oxidation sites excluding steroid dienone is 1. The van der Waals surface area contributed by atoms with Gasteiger partial charge in [0.1, 0.15) is 6.10 Å². The molecule has 5 nitrogen and oxygen atoms in total. The number of piperidine rings is 1. The topological polar surface area (TPSA) is 51.5 Å². The van der Waals surface area contributed by atoms with Gasteiger partial charge in [-0.15, -0.1) is 0 Å². The normalized spacial score (nSPS) is 41.8. The SMILES string of the molecule is C=C1CCC[C@]2(C)C[C@H]3OC(=O)C(CN4CC5C[C@H](C4)Cn4c5cccc4=O)[C@H]3CC12. The molecule has 31 heavy (non-hydrogen) atoms. The van der Waals surface area contributed by atoms with Crippen molar-refractivity contribution in [1.29, 1.82) is 0 Å². The third kappa shape index (κ3) is 3.14. The number of esters is 1. The molecule has 4 fully saturated rings. The molecule has 1 aromatic heterocycles. The van der Waals surface area contributed by atoms with E-state index in [1.807, 2.05) is 10.6 Å². The number of likely N-dealkylation sites (tertiary alicyclic amines) is 1. The predicted octanol–water partition coefficient (Wildman–Crippen LogP) is 3.58. The Kier molecular flexibility index (Phi) is 4.51. The Hall–Kier alpha value is -1.88. The molecule has 1 aromatic rings. The quantitative estimate of drug-likeness (QED) is 0.540. The fourth-order valence-electron chi connectivity index (χ4n) is 7.89. The van der Waals surface area contributed by atoms with Crippen molar-refractivity contribution in [2.24, 2.45) is 29.1 Å². The molecule has 0 spiro atoms. The Labute approximate surface area is 184 Å². The van der Waals surface area contributed by atoms with Crippen LogP contribution in [0.4, 0.5) is 0 Å². The van der Waals surface area contributed by atoms with Crippen molar-refractivity contribution in [3.8, 4) is 0 Å². The van der Waals surface area contributed by atoms with E-state index in [1.54, 1.807) is 6.07 Å². The Morgan fingerprint density at radius 3 is 2.94 bits per heavy atom. The fraction of sp³-hybridized carbons (Fsp3) is 0.692. The van der Waals surface area contributed by atoms with Crippen LogP contribution in [-0.2, 0) is 16.1 Å². The van der Waals surface area contributed by atoms with Crippen molar-refractivity contribution in [2.75, 3.05) is 19.6 Å². The van der Waals surface area contributed by atoms with Gasteiger partial charge in [-0.1, -0.05) is 25.1 Å². The van der Waals surface area contributed by atoms with Crippen LogP contribution in [-0.4, -0.2) is 41.2 Å². The molecule has 0 amide bonds. The van der Waals surface area contributed by atoms with Gasteiger partial charge < -0.3 is 14.2 Å². The Morgan fingerprint density at radius 1 is 1.19 bits per heavy atom. The van der Waals surface area contributed by atoms with Crippen LogP contribution in [0.2, 0.25) is 0 Å². The second kappa shape index (κ2) is 7.06. The zero-order chi connectivity index (χ0) is 21.3. The van der Waals surface area contributed by atoms with Gasteiger partial charge in [0.05, 0.1) is 5.92 Å². The average Bonchev–Trinajstić information content (AvgIpc) is 3.01. The summed E-state index contributed by atoms with van der Waals surface area (Å²) < 4.78 is 7.97. The van der Waals surface area contributed by atoms with E-state index in [2.05, 4.69) is 24.5 Å². The van der Waals surface area contributed by atoms with E-state index < -0.39 is 0 Å². The minimum absolute atomic E-state index is 0.0129. The Morgan fingerprint density at radius 2 is 2.06 bits per heavy atom. The average molecular weight is 423 g/mol. The van der Waals surface area contributed by atoms with Gasteiger partial charge in [-0.05, 0) is 61.8 Å². The van der Waals surface area contributed by atoms with E-state index in [1.165, 1.54) is 24.1 Å². The minimum Gasteiger partial charge on any atom is -0.462 e. The number of aromatic nitrogens is 1. The molecule has 3 unspecified atom stereocenters. The standard InChI is InChI=1S/C26H34N2O3/c1-16-5-4-8-26(2)11-23-19(10-21(16)26)20(25(30)31-23)15-27-12-17-9-18(14-27)22-6-3-7-24(29)28(22)13-17/h3,6-7,17-21,23H,1,4-5,8-15H2,2H3/t17-,18?,19-,20?,21?,23-,26-/m1/s1. The van der Waals surface area contributed by atoms with E-state index in [9.17, 15) is 9.59 Å². The lowest BCUT2D eigenvalue weighted by atomic mass is 9.55. The number of pyridine rings is 1. The van der Waals surface area contributed by atoms with Gasteiger partial charge in [0, 0.05) is 49.8 Å². The van der Waals surface area contributed by atoms with Crippen LogP contribution in [0, 0.1) is 29.1 Å². The summed E-state index contributed by atoms with van der Waals surface area (Å²) in [5, 5.41) is 0. The molecule has 7 atom stereocenters.